The van der Waals surface area contributed by atoms with Gasteiger partial charge in [0, 0.05) is 13.1 Å². The molecule has 174 valence electrons. The third-order valence-corrected chi connectivity index (χ3v) is 5.92. The molecular formula is C26H35BrN2O3. The van der Waals surface area contributed by atoms with Crippen molar-refractivity contribution >= 4 is 27.7 Å². The first kappa shape index (κ1) is 25.9. The molecule has 1 atom stereocenters. The molecule has 0 bridgehead atoms. The monoisotopic (exact) mass is 502 g/mol. The van der Waals surface area contributed by atoms with E-state index < -0.39 is 6.04 Å². The third kappa shape index (κ3) is 7.66. The summed E-state index contributed by atoms with van der Waals surface area (Å²) < 4.78 is 6.64. The second kappa shape index (κ2) is 12.0. The van der Waals surface area contributed by atoms with Gasteiger partial charge in [-0.25, -0.2) is 0 Å². The van der Waals surface area contributed by atoms with Gasteiger partial charge in [-0.3, -0.25) is 9.59 Å². The SMILES string of the molecule is Cc1ccc(CN(C(=O)COc2ccc(C(C)C)cc2Br)[C@@H](C)C(=O)NCC(C)C)cc1. The van der Waals surface area contributed by atoms with E-state index in [9.17, 15) is 9.59 Å². The van der Waals surface area contributed by atoms with Crippen molar-refractivity contribution in [2.75, 3.05) is 13.2 Å². The topological polar surface area (TPSA) is 58.6 Å². The van der Waals surface area contributed by atoms with Crippen LogP contribution in [0.15, 0.2) is 46.9 Å². The van der Waals surface area contributed by atoms with Gasteiger partial charge in [-0.05, 0) is 64.9 Å². The van der Waals surface area contributed by atoms with Gasteiger partial charge in [0.1, 0.15) is 11.8 Å². The second-order valence-electron chi connectivity index (χ2n) is 8.96. The summed E-state index contributed by atoms with van der Waals surface area (Å²) in [7, 11) is 0. The Labute approximate surface area is 200 Å². The number of hydrogen-bond donors (Lipinski definition) is 1. The van der Waals surface area contributed by atoms with Gasteiger partial charge in [-0.1, -0.05) is 63.6 Å². The number of nitrogens with one attached hydrogen (secondary N) is 1. The summed E-state index contributed by atoms with van der Waals surface area (Å²) in [5, 5.41) is 2.93. The molecule has 0 heterocycles. The zero-order valence-corrected chi connectivity index (χ0v) is 21.5. The van der Waals surface area contributed by atoms with Crippen LogP contribution in [0.1, 0.15) is 57.2 Å². The van der Waals surface area contributed by atoms with Crippen molar-refractivity contribution in [3.05, 3.63) is 63.6 Å². The molecule has 0 fully saturated rings. The Morgan fingerprint density at radius 3 is 2.25 bits per heavy atom. The molecule has 0 unspecified atom stereocenters. The lowest BCUT2D eigenvalue weighted by Crippen LogP contribution is -2.49. The Balaban J connectivity index is 2.15. The van der Waals surface area contributed by atoms with E-state index in [2.05, 4.69) is 35.1 Å². The average Bonchev–Trinajstić information content (AvgIpc) is 2.75. The fraction of sp³-hybridized carbons (Fsp3) is 0.462. The number of aryl methyl sites for hydroxylation is 1. The van der Waals surface area contributed by atoms with Crippen molar-refractivity contribution < 1.29 is 14.3 Å². The summed E-state index contributed by atoms with van der Waals surface area (Å²) in [6, 6.07) is 13.2. The number of nitrogens with zero attached hydrogens (tertiary/aromatic N) is 1. The summed E-state index contributed by atoms with van der Waals surface area (Å²) in [6.07, 6.45) is 0. The highest BCUT2D eigenvalue weighted by Crippen LogP contribution is 2.29. The Morgan fingerprint density at radius 2 is 1.69 bits per heavy atom. The van der Waals surface area contributed by atoms with E-state index >= 15 is 0 Å². The maximum atomic E-state index is 13.2. The predicted octanol–water partition coefficient (Wildman–Crippen LogP) is 5.45. The highest BCUT2D eigenvalue weighted by atomic mass is 79.9. The number of carbonyl (C=O) groups is 2. The van der Waals surface area contributed by atoms with Gasteiger partial charge in [0.05, 0.1) is 4.47 Å². The van der Waals surface area contributed by atoms with Gasteiger partial charge >= 0.3 is 0 Å². The van der Waals surface area contributed by atoms with Crippen LogP contribution < -0.4 is 10.1 Å². The summed E-state index contributed by atoms with van der Waals surface area (Å²) in [5.41, 5.74) is 3.30. The molecule has 2 rings (SSSR count). The zero-order valence-electron chi connectivity index (χ0n) is 19.9. The van der Waals surface area contributed by atoms with Gasteiger partial charge in [0.25, 0.3) is 5.91 Å². The van der Waals surface area contributed by atoms with Crippen molar-refractivity contribution in [1.29, 1.82) is 0 Å². The van der Waals surface area contributed by atoms with E-state index in [0.29, 0.717) is 30.7 Å². The van der Waals surface area contributed by atoms with Crippen LogP contribution >= 0.6 is 15.9 Å². The Hall–Kier alpha value is -2.34. The standard InChI is InChI=1S/C26H35BrN2O3/c1-17(2)14-28-26(31)20(6)29(15-21-9-7-19(5)8-10-21)25(30)16-32-24-12-11-22(18(3)4)13-23(24)27/h7-13,17-18,20H,14-16H2,1-6H3,(H,28,31)/t20-/m0/s1. The maximum absolute atomic E-state index is 13.2. The van der Waals surface area contributed by atoms with E-state index in [1.54, 1.807) is 11.8 Å². The number of halogens is 1. The van der Waals surface area contributed by atoms with Gasteiger partial charge < -0.3 is 15.0 Å². The minimum absolute atomic E-state index is 0.146. The van der Waals surface area contributed by atoms with Crippen LogP contribution in [-0.4, -0.2) is 35.9 Å². The molecule has 2 aromatic rings. The molecule has 0 aromatic heterocycles. The Bertz CT molecular complexity index is 910. The van der Waals surface area contributed by atoms with Gasteiger partial charge in [0.15, 0.2) is 6.61 Å². The first-order valence-electron chi connectivity index (χ1n) is 11.1. The molecular weight excluding hydrogens is 468 g/mol. The highest BCUT2D eigenvalue weighted by Gasteiger charge is 2.26. The largest absolute Gasteiger partial charge is 0.483 e. The molecule has 0 aliphatic rings. The van der Waals surface area contributed by atoms with E-state index in [-0.39, 0.29) is 18.4 Å². The van der Waals surface area contributed by atoms with Crippen LogP contribution in [0.3, 0.4) is 0 Å². The smallest absolute Gasteiger partial charge is 0.261 e. The molecule has 0 saturated carbocycles. The molecule has 0 radical (unpaired) electrons. The van der Waals surface area contributed by atoms with Crippen molar-refractivity contribution in [3.8, 4) is 5.75 Å². The lowest BCUT2D eigenvalue weighted by Gasteiger charge is -2.29. The van der Waals surface area contributed by atoms with Gasteiger partial charge in [0.2, 0.25) is 5.91 Å². The highest BCUT2D eigenvalue weighted by molar-refractivity contribution is 9.10. The van der Waals surface area contributed by atoms with E-state index in [1.165, 1.54) is 5.56 Å². The Kier molecular flexibility index (Phi) is 9.76. The molecule has 0 saturated heterocycles. The number of carbonyl (C=O) groups excluding carboxylic acids is 2. The summed E-state index contributed by atoms with van der Waals surface area (Å²) >= 11 is 3.54. The van der Waals surface area contributed by atoms with Gasteiger partial charge in [-0.15, -0.1) is 0 Å². The van der Waals surface area contributed by atoms with E-state index in [1.807, 2.05) is 63.2 Å². The average molecular weight is 503 g/mol. The second-order valence-corrected chi connectivity index (χ2v) is 9.81. The fourth-order valence-electron chi connectivity index (χ4n) is 3.14. The number of benzene rings is 2. The lowest BCUT2D eigenvalue weighted by molar-refractivity contribution is -0.142. The van der Waals surface area contributed by atoms with Crippen molar-refractivity contribution in [2.24, 2.45) is 5.92 Å². The van der Waals surface area contributed by atoms with Crippen molar-refractivity contribution in [3.63, 3.8) is 0 Å². The van der Waals surface area contributed by atoms with Crippen LogP contribution in [0.4, 0.5) is 0 Å². The first-order chi connectivity index (χ1) is 15.1. The third-order valence-electron chi connectivity index (χ3n) is 5.30. The van der Waals surface area contributed by atoms with Crippen molar-refractivity contribution in [2.45, 2.75) is 60.0 Å². The maximum Gasteiger partial charge on any atom is 0.261 e. The molecule has 0 aliphatic carbocycles. The summed E-state index contributed by atoms with van der Waals surface area (Å²) in [4.78, 5) is 27.5. The molecule has 0 spiro atoms. The summed E-state index contributed by atoms with van der Waals surface area (Å²) in [5.74, 6) is 0.938. The van der Waals surface area contributed by atoms with Crippen LogP contribution in [-0.2, 0) is 16.1 Å². The van der Waals surface area contributed by atoms with Crippen LogP contribution in [0, 0.1) is 12.8 Å². The molecule has 6 heteroatoms. The first-order valence-corrected chi connectivity index (χ1v) is 11.9. The van der Waals surface area contributed by atoms with Crippen LogP contribution in [0.25, 0.3) is 0 Å². The van der Waals surface area contributed by atoms with E-state index in [0.717, 1.165) is 15.6 Å². The molecule has 1 N–H and O–H groups in total. The number of ether oxygens (including phenoxy) is 1. The molecule has 2 aromatic carbocycles. The minimum atomic E-state index is -0.613. The van der Waals surface area contributed by atoms with Crippen molar-refractivity contribution in [1.82, 2.24) is 10.2 Å². The number of hydrogen-bond acceptors (Lipinski definition) is 3. The van der Waals surface area contributed by atoms with Crippen LogP contribution in [0.2, 0.25) is 0 Å². The molecule has 0 aliphatic heterocycles. The van der Waals surface area contributed by atoms with E-state index in [4.69, 9.17) is 4.74 Å². The summed E-state index contributed by atoms with van der Waals surface area (Å²) in [6.45, 7) is 12.9. The minimum Gasteiger partial charge on any atom is -0.483 e. The molecule has 32 heavy (non-hydrogen) atoms. The molecule has 5 nitrogen and oxygen atoms in total. The normalized spacial score (nSPS) is 12.0. The quantitative estimate of drug-likeness (QED) is 0.469. The van der Waals surface area contributed by atoms with Crippen LogP contribution in [0.5, 0.6) is 5.75 Å². The Morgan fingerprint density at radius 1 is 1.03 bits per heavy atom. The number of rotatable bonds is 10. The number of amides is 2. The fourth-order valence-corrected chi connectivity index (χ4v) is 3.65. The zero-order chi connectivity index (χ0) is 23.8. The lowest BCUT2D eigenvalue weighted by atomic mass is 10.0. The predicted molar refractivity (Wildman–Crippen MR) is 133 cm³/mol. The van der Waals surface area contributed by atoms with Gasteiger partial charge in [-0.2, -0.15) is 0 Å². The molecule has 2 amide bonds.